The standard InChI is InChI=1S/C19H23N3O5/c1-12(2)22-18(24)15-7-5-4-6-14(15)17(20-22)19(25)27-11-16(23)21-8-9-26-13(3)10-21/h4-7,12-13H,8-11H2,1-3H3. The second-order valence-corrected chi connectivity index (χ2v) is 6.83. The molecule has 2 heterocycles. The van der Waals surface area contributed by atoms with E-state index in [-0.39, 0.29) is 35.9 Å². The van der Waals surface area contributed by atoms with E-state index in [1.54, 1.807) is 43.0 Å². The van der Waals surface area contributed by atoms with Crippen LogP contribution < -0.4 is 5.56 Å². The fourth-order valence-electron chi connectivity index (χ4n) is 3.04. The van der Waals surface area contributed by atoms with Crippen molar-refractivity contribution in [1.82, 2.24) is 14.7 Å². The molecule has 0 radical (unpaired) electrons. The maximum Gasteiger partial charge on any atom is 0.359 e. The van der Waals surface area contributed by atoms with Crippen molar-refractivity contribution in [2.75, 3.05) is 26.3 Å². The highest BCUT2D eigenvalue weighted by molar-refractivity contribution is 6.02. The van der Waals surface area contributed by atoms with Gasteiger partial charge in [0.05, 0.1) is 24.1 Å². The van der Waals surface area contributed by atoms with Crippen LogP contribution in [-0.2, 0) is 14.3 Å². The Labute approximate surface area is 156 Å². The number of hydrogen-bond acceptors (Lipinski definition) is 6. The first-order valence-corrected chi connectivity index (χ1v) is 8.96. The van der Waals surface area contributed by atoms with Crippen molar-refractivity contribution >= 4 is 22.6 Å². The van der Waals surface area contributed by atoms with E-state index in [2.05, 4.69) is 5.10 Å². The molecule has 0 spiro atoms. The third-order valence-electron chi connectivity index (χ3n) is 4.43. The highest BCUT2D eigenvalue weighted by Crippen LogP contribution is 2.16. The highest BCUT2D eigenvalue weighted by Gasteiger charge is 2.24. The van der Waals surface area contributed by atoms with E-state index >= 15 is 0 Å². The van der Waals surface area contributed by atoms with Gasteiger partial charge in [-0.2, -0.15) is 5.10 Å². The van der Waals surface area contributed by atoms with Gasteiger partial charge in [-0.15, -0.1) is 0 Å². The quantitative estimate of drug-likeness (QED) is 0.752. The molecule has 8 nitrogen and oxygen atoms in total. The number of benzene rings is 1. The van der Waals surface area contributed by atoms with Gasteiger partial charge in [0.25, 0.3) is 11.5 Å². The van der Waals surface area contributed by atoms with Crippen LogP contribution in [0.3, 0.4) is 0 Å². The number of morpholine rings is 1. The minimum Gasteiger partial charge on any atom is -0.451 e. The monoisotopic (exact) mass is 373 g/mol. The molecule has 0 bridgehead atoms. The molecule has 3 rings (SSSR count). The molecular weight excluding hydrogens is 350 g/mol. The molecular formula is C19H23N3O5. The van der Waals surface area contributed by atoms with Crippen molar-refractivity contribution in [2.45, 2.75) is 32.9 Å². The van der Waals surface area contributed by atoms with Gasteiger partial charge in [0.1, 0.15) is 0 Å². The Bertz CT molecular complexity index is 921. The third-order valence-corrected chi connectivity index (χ3v) is 4.43. The summed E-state index contributed by atoms with van der Waals surface area (Å²) in [6, 6.07) is 6.53. The summed E-state index contributed by atoms with van der Waals surface area (Å²) in [7, 11) is 0. The number of carbonyl (C=O) groups excluding carboxylic acids is 2. The molecule has 1 amide bonds. The number of amides is 1. The second-order valence-electron chi connectivity index (χ2n) is 6.83. The van der Waals surface area contributed by atoms with E-state index in [0.717, 1.165) is 0 Å². The lowest BCUT2D eigenvalue weighted by Crippen LogP contribution is -2.46. The van der Waals surface area contributed by atoms with Crippen LogP contribution in [0.2, 0.25) is 0 Å². The Balaban J connectivity index is 1.82. The maximum absolute atomic E-state index is 12.6. The van der Waals surface area contributed by atoms with Crippen molar-refractivity contribution in [3.8, 4) is 0 Å². The third kappa shape index (κ3) is 4.00. The number of rotatable bonds is 4. The average molecular weight is 373 g/mol. The molecule has 1 unspecified atom stereocenters. The van der Waals surface area contributed by atoms with Crippen LogP contribution in [0, 0.1) is 0 Å². The lowest BCUT2D eigenvalue weighted by Gasteiger charge is -2.30. The molecule has 1 fully saturated rings. The Hall–Kier alpha value is -2.74. The van der Waals surface area contributed by atoms with Crippen LogP contribution >= 0.6 is 0 Å². The largest absolute Gasteiger partial charge is 0.451 e. The SMILES string of the molecule is CC1CN(C(=O)COC(=O)c2nn(C(C)C)c(=O)c3ccccc23)CCO1. The number of fused-ring (bicyclic) bond motifs is 1. The lowest BCUT2D eigenvalue weighted by atomic mass is 10.1. The Morgan fingerprint density at radius 2 is 2.00 bits per heavy atom. The lowest BCUT2D eigenvalue weighted by molar-refractivity contribution is -0.141. The van der Waals surface area contributed by atoms with Crippen molar-refractivity contribution in [3.05, 3.63) is 40.3 Å². The van der Waals surface area contributed by atoms with Gasteiger partial charge in [-0.3, -0.25) is 9.59 Å². The molecule has 1 aromatic heterocycles. The summed E-state index contributed by atoms with van der Waals surface area (Å²) in [4.78, 5) is 39.0. The zero-order valence-corrected chi connectivity index (χ0v) is 15.7. The fourth-order valence-corrected chi connectivity index (χ4v) is 3.04. The van der Waals surface area contributed by atoms with Gasteiger partial charge in [-0.05, 0) is 26.8 Å². The van der Waals surface area contributed by atoms with Crippen LogP contribution in [0.1, 0.15) is 37.3 Å². The molecule has 1 saturated heterocycles. The van der Waals surface area contributed by atoms with Gasteiger partial charge >= 0.3 is 5.97 Å². The van der Waals surface area contributed by atoms with E-state index in [9.17, 15) is 14.4 Å². The van der Waals surface area contributed by atoms with Crippen molar-refractivity contribution in [2.24, 2.45) is 0 Å². The Morgan fingerprint density at radius 1 is 1.30 bits per heavy atom. The summed E-state index contributed by atoms with van der Waals surface area (Å²) in [6.45, 7) is 6.53. The highest BCUT2D eigenvalue weighted by atomic mass is 16.5. The summed E-state index contributed by atoms with van der Waals surface area (Å²) in [5.74, 6) is -1.00. The number of aromatic nitrogens is 2. The molecule has 1 aliphatic heterocycles. The molecule has 27 heavy (non-hydrogen) atoms. The van der Waals surface area contributed by atoms with Gasteiger partial charge in [-0.1, -0.05) is 18.2 Å². The first kappa shape index (κ1) is 19.0. The molecule has 1 atom stereocenters. The number of ether oxygens (including phenoxy) is 2. The van der Waals surface area contributed by atoms with Gasteiger partial charge in [-0.25, -0.2) is 9.48 Å². The van der Waals surface area contributed by atoms with E-state index in [0.29, 0.717) is 30.5 Å². The normalized spacial score (nSPS) is 17.3. The molecule has 0 N–H and O–H groups in total. The van der Waals surface area contributed by atoms with E-state index in [4.69, 9.17) is 9.47 Å². The van der Waals surface area contributed by atoms with E-state index in [1.165, 1.54) is 4.68 Å². The zero-order valence-electron chi connectivity index (χ0n) is 15.7. The summed E-state index contributed by atoms with van der Waals surface area (Å²) in [5.41, 5.74) is -0.238. The predicted molar refractivity (Wildman–Crippen MR) is 98.7 cm³/mol. The first-order valence-electron chi connectivity index (χ1n) is 8.96. The minimum absolute atomic E-state index is 0.0297. The predicted octanol–water partition coefficient (Wildman–Crippen LogP) is 1.38. The average Bonchev–Trinajstić information content (AvgIpc) is 2.66. The number of nitrogens with zero attached hydrogens (tertiary/aromatic N) is 3. The number of esters is 1. The van der Waals surface area contributed by atoms with Crippen molar-refractivity contribution < 1.29 is 19.1 Å². The molecule has 1 aromatic carbocycles. The Morgan fingerprint density at radius 3 is 2.67 bits per heavy atom. The van der Waals surface area contributed by atoms with Gasteiger partial charge in [0.2, 0.25) is 0 Å². The topological polar surface area (TPSA) is 90.7 Å². The molecule has 8 heteroatoms. The van der Waals surface area contributed by atoms with Crippen molar-refractivity contribution in [1.29, 1.82) is 0 Å². The number of carbonyl (C=O) groups is 2. The smallest absolute Gasteiger partial charge is 0.359 e. The summed E-state index contributed by atoms with van der Waals surface area (Å²) < 4.78 is 11.9. The molecule has 0 saturated carbocycles. The van der Waals surface area contributed by atoms with Crippen LogP contribution in [0.25, 0.3) is 10.8 Å². The van der Waals surface area contributed by atoms with Crippen LogP contribution in [-0.4, -0.2) is 59.0 Å². The fraction of sp³-hybridized carbons (Fsp3) is 0.474. The second kappa shape index (κ2) is 7.87. The molecule has 0 aliphatic carbocycles. The molecule has 1 aliphatic rings. The molecule has 144 valence electrons. The summed E-state index contributed by atoms with van der Waals surface area (Å²) >= 11 is 0. The van der Waals surface area contributed by atoms with Gasteiger partial charge < -0.3 is 14.4 Å². The van der Waals surface area contributed by atoms with E-state index in [1.807, 2.05) is 6.92 Å². The van der Waals surface area contributed by atoms with Crippen molar-refractivity contribution in [3.63, 3.8) is 0 Å². The van der Waals surface area contributed by atoms with Gasteiger partial charge in [0.15, 0.2) is 12.3 Å². The summed E-state index contributed by atoms with van der Waals surface area (Å²) in [5, 5.41) is 4.99. The van der Waals surface area contributed by atoms with Gasteiger partial charge in [0, 0.05) is 18.5 Å². The molecule has 2 aromatic rings. The number of hydrogen-bond donors (Lipinski definition) is 0. The maximum atomic E-state index is 12.6. The minimum atomic E-state index is -0.727. The van der Waals surface area contributed by atoms with E-state index < -0.39 is 5.97 Å². The van der Waals surface area contributed by atoms with Crippen LogP contribution in [0.5, 0.6) is 0 Å². The summed E-state index contributed by atoms with van der Waals surface area (Å²) in [6.07, 6.45) is -0.0430. The van der Waals surface area contributed by atoms with Crippen LogP contribution in [0.4, 0.5) is 0 Å². The van der Waals surface area contributed by atoms with Crippen LogP contribution in [0.15, 0.2) is 29.1 Å². The Kier molecular flexibility index (Phi) is 5.55. The zero-order chi connectivity index (χ0) is 19.6. The first-order chi connectivity index (χ1) is 12.9.